The van der Waals surface area contributed by atoms with Gasteiger partial charge in [0.2, 0.25) is 0 Å². The van der Waals surface area contributed by atoms with Crippen LogP contribution in [0.25, 0.3) is 0 Å². The van der Waals surface area contributed by atoms with E-state index in [1.165, 1.54) is 5.56 Å². The molecule has 1 aromatic carbocycles. The molecule has 0 aromatic heterocycles. The van der Waals surface area contributed by atoms with Crippen LogP contribution in [0.1, 0.15) is 24.0 Å². The lowest BCUT2D eigenvalue weighted by Gasteiger charge is -2.15. The maximum atomic E-state index is 5.53. The molecule has 0 bridgehead atoms. The Bertz CT molecular complexity index is 366. The first kappa shape index (κ1) is 14.8. The lowest BCUT2D eigenvalue weighted by atomic mass is 10.0. The van der Waals surface area contributed by atoms with E-state index in [9.17, 15) is 0 Å². The normalized spacial score (nSPS) is 10.4. The van der Waals surface area contributed by atoms with Crippen LogP contribution in [0.15, 0.2) is 12.1 Å². The van der Waals surface area contributed by atoms with Crippen LogP contribution in [0.2, 0.25) is 0 Å². The Morgan fingerprint density at radius 3 is 2.39 bits per heavy atom. The lowest BCUT2D eigenvalue weighted by molar-refractivity contribution is 0.183. The van der Waals surface area contributed by atoms with Crippen molar-refractivity contribution in [2.75, 3.05) is 27.9 Å². The van der Waals surface area contributed by atoms with Crippen molar-refractivity contribution in [3.05, 3.63) is 23.3 Å². The molecule has 0 saturated heterocycles. The maximum absolute atomic E-state index is 5.53. The predicted octanol–water partition coefficient (Wildman–Crippen LogP) is 2.13. The molecule has 0 heterocycles. The molecule has 0 aliphatic rings. The van der Waals surface area contributed by atoms with Crippen molar-refractivity contribution in [3.63, 3.8) is 0 Å². The molecule has 0 amide bonds. The average molecular weight is 253 g/mol. The summed E-state index contributed by atoms with van der Waals surface area (Å²) in [5.74, 6) is 1.65. The van der Waals surface area contributed by atoms with E-state index in [0.29, 0.717) is 6.61 Å². The Kier molecular flexibility index (Phi) is 6.54. The molecule has 102 valence electrons. The zero-order valence-corrected chi connectivity index (χ0v) is 11.5. The van der Waals surface area contributed by atoms with Gasteiger partial charge in [-0.25, -0.2) is 0 Å². The fraction of sp³-hybridized carbons (Fsp3) is 0.571. The molecule has 1 aromatic rings. The molecule has 0 radical (unpaired) electrons. The second-order valence-corrected chi connectivity index (χ2v) is 4.15. The highest BCUT2D eigenvalue weighted by Gasteiger charge is 2.12. The molecule has 4 nitrogen and oxygen atoms in total. The topological polar surface area (TPSA) is 53.7 Å². The third kappa shape index (κ3) is 3.89. The first-order chi connectivity index (χ1) is 8.76. The van der Waals surface area contributed by atoms with Gasteiger partial charge in [-0.1, -0.05) is 0 Å². The number of nitrogens with two attached hydrogens (primary N) is 1. The molecule has 2 N–H and O–H groups in total. The molecule has 0 fully saturated rings. The van der Waals surface area contributed by atoms with E-state index in [-0.39, 0.29) is 0 Å². The van der Waals surface area contributed by atoms with Crippen molar-refractivity contribution in [1.29, 1.82) is 0 Å². The SMILES string of the molecule is COCc1cc(OC)cc(OC)c1CCCCN. The average Bonchev–Trinajstić information content (AvgIpc) is 2.40. The van der Waals surface area contributed by atoms with Gasteiger partial charge in [0.15, 0.2) is 0 Å². The van der Waals surface area contributed by atoms with E-state index in [1.807, 2.05) is 12.1 Å². The van der Waals surface area contributed by atoms with Gasteiger partial charge >= 0.3 is 0 Å². The van der Waals surface area contributed by atoms with Crippen LogP contribution in [0.4, 0.5) is 0 Å². The quantitative estimate of drug-likeness (QED) is 0.721. The molecular formula is C14H23NO3. The molecule has 0 atom stereocenters. The second-order valence-electron chi connectivity index (χ2n) is 4.15. The highest BCUT2D eigenvalue weighted by molar-refractivity contribution is 5.46. The molecule has 4 heteroatoms. The van der Waals surface area contributed by atoms with Gasteiger partial charge in [-0.3, -0.25) is 0 Å². The summed E-state index contributed by atoms with van der Waals surface area (Å²) < 4.78 is 15.9. The minimum absolute atomic E-state index is 0.561. The molecular weight excluding hydrogens is 230 g/mol. The van der Waals surface area contributed by atoms with Gasteiger partial charge in [0.1, 0.15) is 11.5 Å². The number of ether oxygens (including phenoxy) is 3. The molecule has 1 rings (SSSR count). The summed E-state index contributed by atoms with van der Waals surface area (Å²) in [5.41, 5.74) is 7.83. The smallest absolute Gasteiger partial charge is 0.126 e. The van der Waals surface area contributed by atoms with Crippen LogP contribution < -0.4 is 15.2 Å². The molecule has 0 spiro atoms. The third-order valence-corrected chi connectivity index (χ3v) is 2.91. The zero-order chi connectivity index (χ0) is 13.4. The Morgan fingerprint density at radius 1 is 1.06 bits per heavy atom. The highest BCUT2D eigenvalue weighted by Crippen LogP contribution is 2.30. The Morgan fingerprint density at radius 2 is 1.83 bits per heavy atom. The van der Waals surface area contributed by atoms with E-state index in [1.54, 1.807) is 21.3 Å². The van der Waals surface area contributed by atoms with Crippen LogP contribution >= 0.6 is 0 Å². The first-order valence-corrected chi connectivity index (χ1v) is 6.19. The van der Waals surface area contributed by atoms with E-state index in [0.717, 1.165) is 42.9 Å². The Hall–Kier alpha value is -1.26. The van der Waals surface area contributed by atoms with Crippen molar-refractivity contribution < 1.29 is 14.2 Å². The maximum Gasteiger partial charge on any atom is 0.126 e. The lowest BCUT2D eigenvalue weighted by Crippen LogP contribution is -2.04. The fourth-order valence-corrected chi connectivity index (χ4v) is 1.99. The van der Waals surface area contributed by atoms with Crippen LogP contribution in [0.3, 0.4) is 0 Å². The highest BCUT2D eigenvalue weighted by atomic mass is 16.5. The van der Waals surface area contributed by atoms with Crippen molar-refractivity contribution in [2.45, 2.75) is 25.9 Å². The van der Waals surface area contributed by atoms with Gasteiger partial charge in [0, 0.05) is 13.2 Å². The van der Waals surface area contributed by atoms with Crippen LogP contribution in [-0.2, 0) is 17.8 Å². The summed E-state index contributed by atoms with van der Waals surface area (Å²) in [5, 5.41) is 0. The van der Waals surface area contributed by atoms with Gasteiger partial charge in [-0.2, -0.15) is 0 Å². The molecule has 0 unspecified atom stereocenters. The predicted molar refractivity (Wildman–Crippen MR) is 72.3 cm³/mol. The van der Waals surface area contributed by atoms with Crippen LogP contribution in [0, 0.1) is 0 Å². The van der Waals surface area contributed by atoms with Crippen molar-refractivity contribution in [1.82, 2.24) is 0 Å². The minimum atomic E-state index is 0.561. The summed E-state index contributed by atoms with van der Waals surface area (Å²) in [6.45, 7) is 1.28. The monoisotopic (exact) mass is 253 g/mol. The van der Waals surface area contributed by atoms with E-state index in [4.69, 9.17) is 19.9 Å². The number of hydrogen-bond donors (Lipinski definition) is 1. The van der Waals surface area contributed by atoms with Crippen molar-refractivity contribution >= 4 is 0 Å². The van der Waals surface area contributed by atoms with Gasteiger partial charge in [0.25, 0.3) is 0 Å². The van der Waals surface area contributed by atoms with Gasteiger partial charge in [0.05, 0.1) is 20.8 Å². The Labute approximate surface area is 109 Å². The largest absolute Gasteiger partial charge is 0.497 e. The van der Waals surface area contributed by atoms with E-state index in [2.05, 4.69) is 0 Å². The van der Waals surface area contributed by atoms with Crippen LogP contribution in [0.5, 0.6) is 11.5 Å². The third-order valence-electron chi connectivity index (χ3n) is 2.91. The standard InChI is InChI=1S/C14H23NO3/c1-16-10-11-8-12(17-2)9-14(18-3)13(11)6-4-5-7-15/h8-9H,4-7,10,15H2,1-3H3. The number of benzene rings is 1. The summed E-state index contributed by atoms with van der Waals surface area (Å²) in [7, 11) is 5.02. The van der Waals surface area contributed by atoms with Gasteiger partial charge in [-0.15, -0.1) is 0 Å². The molecule has 0 aliphatic heterocycles. The van der Waals surface area contributed by atoms with E-state index >= 15 is 0 Å². The van der Waals surface area contributed by atoms with Crippen molar-refractivity contribution in [2.24, 2.45) is 5.73 Å². The van der Waals surface area contributed by atoms with Crippen LogP contribution in [-0.4, -0.2) is 27.9 Å². The first-order valence-electron chi connectivity index (χ1n) is 6.19. The minimum Gasteiger partial charge on any atom is -0.497 e. The fourth-order valence-electron chi connectivity index (χ4n) is 1.99. The number of hydrogen-bond acceptors (Lipinski definition) is 4. The van der Waals surface area contributed by atoms with E-state index < -0.39 is 0 Å². The second kappa shape index (κ2) is 7.95. The summed E-state index contributed by atoms with van der Waals surface area (Å²) in [6.07, 6.45) is 3.01. The van der Waals surface area contributed by atoms with Gasteiger partial charge in [-0.05, 0) is 43.0 Å². The summed E-state index contributed by atoms with van der Waals surface area (Å²) in [4.78, 5) is 0. The Balaban J connectivity index is 3.00. The van der Waals surface area contributed by atoms with Gasteiger partial charge < -0.3 is 19.9 Å². The summed E-state index contributed by atoms with van der Waals surface area (Å²) in [6, 6.07) is 3.92. The number of methoxy groups -OCH3 is 3. The summed E-state index contributed by atoms with van der Waals surface area (Å²) >= 11 is 0. The zero-order valence-electron chi connectivity index (χ0n) is 11.5. The molecule has 0 aliphatic carbocycles. The number of rotatable bonds is 8. The molecule has 18 heavy (non-hydrogen) atoms. The van der Waals surface area contributed by atoms with Crippen molar-refractivity contribution in [3.8, 4) is 11.5 Å². The molecule has 0 saturated carbocycles. The number of unbranched alkanes of at least 4 members (excludes halogenated alkanes) is 1.